The van der Waals surface area contributed by atoms with Gasteiger partial charge in [0.1, 0.15) is 11.5 Å². The van der Waals surface area contributed by atoms with Crippen molar-refractivity contribution in [1.29, 1.82) is 0 Å². The molecule has 1 fully saturated rings. The van der Waals surface area contributed by atoms with Crippen molar-refractivity contribution in [2.75, 3.05) is 34.9 Å². The van der Waals surface area contributed by atoms with Crippen LogP contribution in [0.15, 0.2) is 53.7 Å². The van der Waals surface area contributed by atoms with E-state index < -0.39 is 23.8 Å². The number of barbiturate groups is 1. The fourth-order valence-corrected chi connectivity index (χ4v) is 4.04. The number of fused-ring (bicyclic) bond motifs is 1. The Morgan fingerprint density at radius 1 is 0.941 bits per heavy atom. The maximum absolute atomic E-state index is 13.0. The molecule has 1 N–H and O–H groups in total. The molecule has 4 rings (SSSR count). The molecule has 1 saturated heterocycles. The third-order valence-corrected chi connectivity index (χ3v) is 6.03. The zero-order chi connectivity index (χ0) is 24.4. The molecule has 176 valence electrons. The minimum Gasteiger partial charge on any atom is -0.497 e. The molecule has 0 radical (unpaired) electrons. The molecule has 3 aromatic rings. The Bertz CT molecular complexity index is 1250. The van der Waals surface area contributed by atoms with E-state index in [9.17, 15) is 14.4 Å². The summed E-state index contributed by atoms with van der Waals surface area (Å²) in [7, 11) is 5.91. The van der Waals surface area contributed by atoms with Gasteiger partial charge in [0.2, 0.25) is 11.8 Å². The first-order chi connectivity index (χ1) is 16.3. The third kappa shape index (κ3) is 4.12. The molecule has 34 heavy (non-hydrogen) atoms. The molecule has 2 heterocycles. The Kier molecular flexibility index (Phi) is 6.36. The standard InChI is InChI=1S/C25H26N4O5/c1-28-23(30)21(24(31)29(2)25(28)32)22(15-5-7-17(33-3)8-6-15)26-12-11-16-14-27-20-10-9-18(34-4)13-19(16)20/h5-10,13-14,21,27H,11-12H2,1-4H3. The number of H-pyrrole nitrogens is 1. The number of aromatic nitrogens is 1. The van der Waals surface area contributed by atoms with Gasteiger partial charge in [-0.25, -0.2) is 4.79 Å². The number of carbonyl (C=O) groups is 3. The number of rotatable bonds is 7. The maximum atomic E-state index is 13.0. The average molecular weight is 463 g/mol. The minimum atomic E-state index is -1.20. The van der Waals surface area contributed by atoms with Gasteiger partial charge in [0, 0.05) is 37.7 Å². The second-order valence-electron chi connectivity index (χ2n) is 7.98. The monoisotopic (exact) mass is 462 g/mol. The fraction of sp³-hybridized carbons (Fsp3) is 0.280. The molecule has 0 atom stereocenters. The normalized spacial score (nSPS) is 15.4. The average Bonchev–Trinajstić information content (AvgIpc) is 3.27. The summed E-state index contributed by atoms with van der Waals surface area (Å²) in [6.45, 7) is 0.337. The Labute approximate surface area is 197 Å². The second-order valence-corrected chi connectivity index (χ2v) is 7.98. The lowest BCUT2D eigenvalue weighted by molar-refractivity contribution is -0.144. The summed E-state index contributed by atoms with van der Waals surface area (Å²) >= 11 is 0. The molecular weight excluding hydrogens is 436 g/mol. The van der Waals surface area contributed by atoms with Crippen LogP contribution in [0.2, 0.25) is 0 Å². The van der Waals surface area contributed by atoms with E-state index in [0.717, 1.165) is 32.0 Å². The summed E-state index contributed by atoms with van der Waals surface area (Å²) in [5.41, 5.74) is 2.96. The number of hydrogen-bond donors (Lipinski definition) is 1. The van der Waals surface area contributed by atoms with Crippen molar-refractivity contribution in [1.82, 2.24) is 14.8 Å². The number of nitrogens with one attached hydrogen (secondary N) is 1. The van der Waals surface area contributed by atoms with Crippen LogP contribution in [0.3, 0.4) is 0 Å². The number of carbonyl (C=O) groups excluding carboxylic acids is 3. The van der Waals surface area contributed by atoms with Crippen molar-refractivity contribution < 1.29 is 23.9 Å². The zero-order valence-corrected chi connectivity index (χ0v) is 19.5. The molecule has 2 aromatic carbocycles. The van der Waals surface area contributed by atoms with Crippen LogP contribution in [-0.2, 0) is 16.0 Å². The number of urea groups is 1. The molecule has 9 heteroatoms. The summed E-state index contributed by atoms with van der Waals surface area (Å²) in [6.07, 6.45) is 2.50. The van der Waals surface area contributed by atoms with Gasteiger partial charge in [-0.1, -0.05) is 0 Å². The quantitative estimate of drug-likeness (QED) is 0.430. The van der Waals surface area contributed by atoms with Crippen molar-refractivity contribution in [3.63, 3.8) is 0 Å². The Balaban J connectivity index is 1.69. The van der Waals surface area contributed by atoms with Gasteiger partial charge >= 0.3 is 6.03 Å². The summed E-state index contributed by atoms with van der Waals surface area (Å²) in [6, 6.07) is 12.1. The smallest absolute Gasteiger partial charge is 0.332 e. The lowest BCUT2D eigenvalue weighted by Crippen LogP contribution is -2.59. The van der Waals surface area contributed by atoms with Gasteiger partial charge in [-0.05, 0) is 60.0 Å². The van der Waals surface area contributed by atoms with Crippen molar-refractivity contribution in [2.45, 2.75) is 6.42 Å². The van der Waals surface area contributed by atoms with Gasteiger partial charge in [0.25, 0.3) is 0 Å². The first-order valence-electron chi connectivity index (χ1n) is 10.8. The van der Waals surface area contributed by atoms with Gasteiger partial charge in [-0.15, -0.1) is 0 Å². The van der Waals surface area contributed by atoms with Crippen LogP contribution in [-0.4, -0.2) is 73.2 Å². The Morgan fingerprint density at radius 3 is 2.18 bits per heavy atom. The van der Waals surface area contributed by atoms with E-state index in [1.54, 1.807) is 38.5 Å². The Hall–Kier alpha value is -4.14. The lowest BCUT2D eigenvalue weighted by atomic mass is 9.92. The van der Waals surface area contributed by atoms with Crippen LogP contribution in [0.1, 0.15) is 11.1 Å². The molecule has 1 aromatic heterocycles. The zero-order valence-electron chi connectivity index (χ0n) is 19.5. The van der Waals surface area contributed by atoms with E-state index >= 15 is 0 Å². The van der Waals surface area contributed by atoms with Crippen molar-refractivity contribution in [2.24, 2.45) is 10.9 Å². The highest BCUT2D eigenvalue weighted by Crippen LogP contribution is 2.25. The minimum absolute atomic E-state index is 0.321. The molecule has 1 aliphatic heterocycles. The number of ether oxygens (including phenoxy) is 2. The number of benzene rings is 2. The van der Waals surface area contributed by atoms with Crippen molar-refractivity contribution in [3.05, 3.63) is 59.8 Å². The maximum Gasteiger partial charge on any atom is 0.332 e. The number of imide groups is 2. The van der Waals surface area contributed by atoms with E-state index in [4.69, 9.17) is 14.5 Å². The van der Waals surface area contributed by atoms with Crippen LogP contribution < -0.4 is 9.47 Å². The molecule has 0 aliphatic carbocycles. The predicted octanol–water partition coefficient (Wildman–Crippen LogP) is 2.88. The van der Waals surface area contributed by atoms with Crippen LogP contribution >= 0.6 is 0 Å². The van der Waals surface area contributed by atoms with Gasteiger partial charge in [0.05, 0.1) is 19.9 Å². The van der Waals surface area contributed by atoms with Crippen LogP contribution in [0.25, 0.3) is 10.9 Å². The first-order valence-corrected chi connectivity index (χ1v) is 10.8. The van der Waals surface area contributed by atoms with Gasteiger partial charge < -0.3 is 14.5 Å². The summed E-state index contributed by atoms with van der Waals surface area (Å²) < 4.78 is 10.6. The molecule has 0 bridgehead atoms. The number of hydrogen-bond acceptors (Lipinski definition) is 6. The topological polar surface area (TPSA) is 104 Å². The molecule has 1 aliphatic rings. The number of aromatic amines is 1. The number of nitrogens with zero attached hydrogens (tertiary/aromatic N) is 3. The van der Waals surface area contributed by atoms with E-state index in [0.29, 0.717) is 30.0 Å². The van der Waals surface area contributed by atoms with Crippen LogP contribution in [0.5, 0.6) is 11.5 Å². The van der Waals surface area contributed by atoms with E-state index in [1.165, 1.54) is 14.1 Å². The molecule has 0 saturated carbocycles. The van der Waals surface area contributed by atoms with E-state index in [1.807, 2.05) is 24.4 Å². The van der Waals surface area contributed by atoms with Crippen LogP contribution in [0.4, 0.5) is 4.79 Å². The van der Waals surface area contributed by atoms with Crippen molar-refractivity contribution >= 4 is 34.5 Å². The van der Waals surface area contributed by atoms with Gasteiger partial charge in [-0.2, -0.15) is 0 Å². The van der Waals surface area contributed by atoms with Crippen molar-refractivity contribution in [3.8, 4) is 11.5 Å². The van der Waals surface area contributed by atoms with E-state index in [-0.39, 0.29) is 0 Å². The molecule has 0 spiro atoms. The van der Waals surface area contributed by atoms with E-state index in [2.05, 4.69) is 4.98 Å². The lowest BCUT2D eigenvalue weighted by Gasteiger charge is -2.33. The highest BCUT2D eigenvalue weighted by molar-refractivity contribution is 6.30. The molecule has 0 unspecified atom stereocenters. The summed E-state index contributed by atoms with van der Waals surface area (Å²) in [5.74, 6) is -1.00. The fourth-order valence-electron chi connectivity index (χ4n) is 4.04. The largest absolute Gasteiger partial charge is 0.497 e. The SMILES string of the molecule is COc1ccc(C(=NCCc2c[nH]c3ccc(OC)cc23)C2C(=O)N(C)C(=O)N(C)C2=O)cc1. The molecule has 9 nitrogen and oxygen atoms in total. The van der Waals surface area contributed by atoms with Crippen LogP contribution in [0, 0.1) is 5.92 Å². The predicted molar refractivity (Wildman–Crippen MR) is 127 cm³/mol. The Morgan fingerprint density at radius 2 is 1.56 bits per heavy atom. The highest BCUT2D eigenvalue weighted by Gasteiger charge is 2.45. The highest BCUT2D eigenvalue weighted by atomic mass is 16.5. The number of aliphatic imine (C=N–C) groups is 1. The van der Waals surface area contributed by atoms with Gasteiger partial charge in [0.15, 0.2) is 5.92 Å². The molecule has 4 amide bonds. The third-order valence-electron chi connectivity index (χ3n) is 6.03. The first kappa shape index (κ1) is 23.0. The van der Waals surface area contributed by atoms with Gasteiger partial charge in [-0.3, -0.25) is 24.4 Å². The number of methoxy groups -OCH3 is 2. The second kappa shape index (κ2) is 9.38. The number of amides is 4. The molecular formula is C25H26N4O5. The summed E-state index contributed by atoms with van der Waals surface area (Å²) in [4.78, 5) is 48.1. The summed E-state index contributed by atoms with van der Waals surface area (Å²) in [5, 5.41) is 1.02.